The van der Waals surface area contributed by atoms with E-state index in [1.807, 2.05) is 39.8 Å². The topological polar surface area (TPSA) is 78.3 Å². The van der Waals surface area contributed by atoms with Gasteiger partial charge in [0.25, 0.3) is 6.43 Å². The van der Waals surface area contributed by atoms with Gasteiger partial charge in [0.2, 0.25) is 0 Å². The molecule has 0 aromatic heterocycles. The maximum absolute atomic E-state index is 13.6. The molecule has 0 bridgehead atoms. The molecule has 0 rings (SSSR count). The highest BCUT2D eigenvalue weighted by Gasteiger charge is 2.45. The van der Waals surface area contributed by atoms with E-state index in [0.717, 1.165) is 36.8 Å². The van der Waals surface area contributed by atoms with E-state index < -0.39 is 24.0 Å². The monoisotopic (exact) mass is 454 g/mol. The summed E-state index contributed by atoms with van der Waals surface area (Å²) in [6.07, 6.45) is 8.44. The molecule has 2 atom stereocenters. The van der Waals surface area contributed by atoms with Crippen molar-refractivity contribution in [2.45, 2.75) is 105 Å². The molecule has 184 valence electrons. The highest BCUT2D eigenvalue weighted by Crippen LogP contribution is 2.23. The summed E-state index contributed by atoms with van der Waals surface area (Å²) in [6, 6.07) is 0. The molecule has 0 aromatic carbocycles. The molecule has 0 aliphatic rings. The molecule has 0 saturated heterocycles. The maximum Gasteiger partial charge on any atom is 0.332 e. The molecular formula is C26H44F2N2O2. The number of ether oxygens (including phenoxy) is 1. The number of allylic oxidation sites excluding steroid dienone is 6. The third-order valence-electron chi connectivity index (χ3n) is 5.17. The summed E-state index contributed by atoms with van der Waals surface area (Å²) >= 11 is 0. The fraction of sp³-hybridized carbons (Fsp3) is 0.654. The molecule has 0 aliphatic carbocycles. The quantitative estimate of drug-likeness (QED) is 0.222. The van der Waals surface area contributed by atoms with E-state index in [9.17, 15) is 13.6 Å². The molecule has 0 saturated carbocycles. The minimum atomic E-state index is -3.02. The van der Waals surface area contributed by atoms with Gasteiger partial charge in [0.05, 0.1) is 0 Å². The Morgan fingerprint density at radius 2 is 1.47 bits per heavy atom. The maximum atomic E-state index is 13.6. The van der Waals surface area contributed by atoms with E-state index in [-0.39, 0.29) is 19.4 Å². The van der Waals surface area contributed by atoms with Crippen LogP contribution in [0.1, 0.15) is 86.5 Å². The standard InChI is InChI=1S/C26H44F2N2O2/c1-19(2)10-7-12-21(5)14-15-23(18-22(6)13-8-11-20(3)4)32-25(31)26(30,24(27)28)16-9-17-29/h10-11,14,18,23-24H,7-9,12-13,15-17,29-30H2,1-6H3. The number of nitrogens with two attached hydrogens (primary N) is 2. The molecule has 0 amide bonds. The Morgan fingerprint density at radius 1 is 0.938 bits per heavy atom. The van der Waals surface area contributed by atoms with E-state index in [1.54, 1.807) is 0 Å². The van der Waals surface area contributed by atoms with Crippen LogP contribution < -0.4 is 11.5 Å². The first-order valence-electron chi connectivity index (χ1n) is 11.5. The molecule has 4 N–H and O–H groups in total. The van der Waals surface area contributed by atoms with Gasteiger partial charge >= 0.3 is 5.97 Å². The van der Waals surface area contributed by atoms with Gasteiger partial charge < -0.3 is 16.2 Å². The molecule has 0 aliphatic heterocycles. The SMILES string of the molecule is CC(C)=CCCC(C)=CCC(C=C(C)CCC=C(C)C)OC(=O)C(N)(CCCN)C(F)F. The van der Waals surface area contributed by atoms with Crippen molar-refractivity contribution in [1.82, 2.24) is 0 Å². The fourth-order valence-corrected chi connectivity index (χ4v) is 3.09. The van der Waals surface area contributed by atoms with Crippen molar-refractivity contribution in [3.63, 3.8) is 0 Å². The molecule has 0 fully saturated rings. The summed E-state index contributed by atoms with van der Waals surface area (Å²) < 4.78 is 32.8. The Balaban J connectivity index is 5.49. The van der Waals surface area contributed by atoms with Gasteiger partial charge in [-0.15, -0.1) is 0 Å². The van der Waals surface area contributed by atoms with Crippen LogP contribution >= 0.6 is 0 Å². The molecule has 0 radical (unpaired) electrons. The van der Waals surface area contributed by atoms with E-state index in [2.05, 4.69) is 26.0 Å². The van der Waals surface area contributed by atoms with E-state index in [0.29, 0.717) is 6.42 Å². The second kappa shape index (κ2) is 15.9. The van der Waals surface area contributed by atoms with Crippen molar-refractivity contribution in [3.05, 3.63) is 46.6 Å². The van der Waals surface area contributed by atoms with Crippen LogP contribution in [-0.4, -0.2) is 30.6 Å². The Labute approximate surface area is 193 Å². The predicted octanol–water partition coefficient (Wildman–Crippen LogP) is 6.38. The molecule has 0 heterocycles. The molecule has 0 spiro atoms. The zero-order valence-corrected chi connectivity index (χ0v) is 20.8. The average Bonchev–Trinajstić information content (AvgIpc) is 2.69. The third kappa shape index (κ3) is 12.9. The van der Waals surface area contributed by atoms with Crippen molar-refractivity contribution in [3.8, 4) is 0 Å². The molecule has 2 unspecified atom stereocenters. The lowest BCUT2D eigenvalue weighted by atomic mass is 9.95. The number of halogens is 2. The summed E-state index contributed by atoms with van der Waals surface area (Å²) in [6.45, 7) is 12.4. The van der Waals surface area contributed by atoms with E-state index >= 15 is 0 Å². The van der Waals surface area contributed by atoms with Crippen LogP contribution in [0.15, 0.2) is 46.6 Å². The lowest BCUT2D eigenvalue weighted by Crippen LogP contribution is -2.56. The Kier molecular flexibility index (Phi) is 15.0. The van der Waals surface area contributed by atoms with Gasteiger partial charge in [0.1, 0.15) is 6.10 Å². The minimum absolute atomic E-state index is 0.180. The summed E-state index contributed by atoms with van der Waals surface area (Å²) in [5, 5.41) is 0. The first kappa shape index (κ1) is 30.2. The van der Waals surface area contributed by atoms with Crippen molar-refractivity contribution in [1.29, 1.82) is 0 Å². The van der Waals surface area contributed by atoms with Crippen LogP contribution in [-0.2, 0) is 9.53 Å². The zero-order valence-electron chi connectivity index (χ0n) is 20.8. The minimum Gasteiger partial charge on any atom is -0.456 e. The lowest BCUT2D eigenvalue weighted by Gasteiger charge is -2.28. The third-order valence-corrected chi connectivity index (χ3v) is 5.17. The van der Waals surface area contributed by atoms with Gasteiger partial charge in [-0.05, 0) is 92.7 Å². The number of rotatable bonds is 15. The Hall–Kier alpha value is -1.79. The van der Waals surface area contributed by atoms with Crippen LogP contribution in [0.3, 0.4) is 0 Å². The fourth-order valence-electron chi connectivity index (χ4n) is 3.09. The van der Waals surface area contributed by atoms with Crippen molar-refractivity contribution >= 4 is 5.97 Å². The number of alkyl halides is 2. The van der Waals surface area contributed by atoms with Crippen LogP contribution in [0.5, 0.6) is 0 Å². The van der Waals surface area contributed by atoms with Crippen molar-refractivity contribution in [2.24, 2.45) is 11.5 Å². The van der Waals surface area contributed by atoms with Gasteiger partial charge in [0, 0.05) is 6.42 Å². The largest absolute Gasteiger partial charge is 0.456 e. The summed E-state index contributed by atoms with van der Waals surface area (Å²) in [5.74, 6) is -1.07. The van der Waals surface area contributed by atoms with Crippen LogP contribution in [0, 0.1) is 0 Å². The van der Waals surface area contributed by atoms with Gasteiger partial charge in [-0.1, -0.05) is 40.5 Å². The van der Waals surface area contributed by atoms with Crippen LogP contribution in [0.2, 0.25) is 0 Å². The van der Waals surface area contributed by atoms with Crippen molar-refractivity contribution < 1.29 is 18.3 Å². The predicted molar refractivity (Wildman–Crippen MR) is 131 cm³/mol. The highest BCUT2D eigenvalue weighted by atomic mass is 19.3. The van der Waals surface area contributed by atoms with Gasteiger partial charge in [-0.2, -0.15) is 0 Å². The number of hydrogen-bond donors (Lipinski definition) is 2. The first-order valence-corrected chi connectivity index (χ1v) is 11.5. The highest BCUT2D eigenvalue weighted by molar-refractivity contribution is 5.81. The summed E-state index contributed by atoms with van der Waals surface area (Å²) in [4.78, 5) is 12.7. The number of carbonyl (C=O) groups is 1. The van der Waals surface area contributed by atoms with Gasteiger partial charge in [-0.25, -0.2) is 13.6 Å². The molecule has 4 nitrogen and oxygen atoms in total. The Bertz CT molecular complexity index is 688. The second-order valence-electron chi connectivity index (χ2n) is 9.12. The number of hydrogen-bond acceptors (Lipinski definition) is 4. The lowest BCUT2D eigenvalue weighted by molar-refractivity contribution is -0.160. The summed E-state index contributed by atoms with van der Waals surface area (Å²) in [7, 11) is 0. The number of esters is 1. The van der Waals surface area contributed by atoms with Crippen LogP contribution in [0.4, 0.5) is 8.78 Å². The van der Waals surface area contributed by atoms with Gasteiger partial charge in [-0.3, -0.25) is 0 Å². The smallest absolute Gasteiger partial charge is 0.332 e. The summed E-state index contributed by atoms with van der Waals surface area (Å²) in [5.41, 5.74) is 13.6. The number of carbonyl (C=O) groups excluding carboxylic acids is 1. The Morgan fingerprint density at radius 3 is 1.94 bits per heavy atom. The molecule has 0 aromatic rings. The molecule has 32 heavy (non-hydrogen) atoms. The second-order valence-corrected chi connectivity index (χ2v) is 9.12. The van der Waals surface area contributed by atoms with E-state index in [1.165, 1.54) is 11.1 Å². The molecule has 6 heteroatoms. The normalized spacial score (nSPS) is 15.2. The zero-order chi connectivity index (χ0) is 24.7. The van der Waals surface area contributed by atoms with Crippen molar-refractivity contribution in [2.75, 3.05) is 6.54 Å². The van der Waals surface area contributed by atoms with Crippen LogP contribution in [0.25, 0.3) is 0 Å². The molecular weight excluding hydrogens is 410 g/mol. The van der Waals surface area contributed by atoms with Gasteiger partial charge in [0.15, 0.2) is 5.54 Å². The van der Waals surface area contributed by atoms with E-state index in [4.69, 9.17) is 16.2 Å². The first-order chi connectivity index (χ1) is 14.9. The average molecular weight is 455 g/mol.